The molecule has 4 rings (SSSR count). The molecule has 4 aromatic rings. The van der Waals surface area contributed by atoms with Gasteiger partial charge in [0, 0.05) is 33.7 Å². The van der Waals surface area contributed by atoms with Crippen molar-refractivity contribution in [1.82, 2.24) is 4.57 Å². The number of rotatable bonds is 7. The summed E-state index contributed by atoms with van der Waals surface area (Å²) in [5.74, 6) is 0.205. The van der Waals surface area contributed by atoms with Gasteiger partial charge in [-0.3, -0.25) is 20.2 Å². The number of allylic oxidation sites excluding steroid dienone is 1. The van der Waals surface area contributed by atoms with Crippen molar-refractivity contribution in [3.63, 3.8) is 0 Å². The lowest BCUT2D eigenvalue weighted by Gasteiger charge is -2.11. The Balaban J connectivity index is 1.64. The largest absolute Gasteiger partial charge is 0.450 e. The molecule has 9 nitrogen and oxygen atoms in total. The molecule has 0 saturated carbocycles. The van der Waals surface area contributed by atoms with E-state index in [1.54, 1.807) is 48.5 Å². The van der Waals surface area contributed by atoms with Crippen LogP contribution in [0.3, 0.4) is 0 Å². The Hall–Kier alpha value is -4.65. The van der Waals surface area contributed by atoms with Gasteiger partial charge in [-0.25, -0.2) is 0 Å². The Morgan fingerprint density at radius 3 is 2.29 bits per heavy atom. The van der Waals surface area contributed by atoms with E-state index in [0.29, 0.717) is 26.9 Å². The van der Waals surface area contributed by atoms with Crippen molar-refractivity contribution in [2.24, 2.45) is 0 Å². The first-order valence-electron chi connectivity index (χ1n) is 11.1. The number of nitriles is 1. The first-order chi connectivity index (χ1) is 18.1. The van der Waals surface area contributed by atoms with Crippen molar-refractivity contribution in [3.05, 3.63) is 120 Å². The average molecular weight is 549 g/mol. The van der Waals surface area contributed by atoms with Gasteiger partial charge in [-0.1, -0.05) is 29.3 Å². The van der Waals surface area contributed by atoms with Crippen LogP contribution >= 0.6 is 23.2 Å². The fraction of sp³-hybridized carbons (Fsp3) is 0.0741. The maximum absolute atomic E-state index is 11.4. The summed E-state index contributed by atoms with van der Waals surface area (Å²) in [6.07, 6.45) is 1.76. The zero-order chi connectivity index (χ0) is 27.6. The summed E-state index contributed by atoms with van der Waals surface area (Å²) in [5, 5.41) is 33.0. The van der Waals surface area contributed by atoms with Crippen LogP contribution in [0.25, 0.3) is 17.3 Å². The third-order valence-electron chi connectivity index (χ3n) is 5.78. The first-order valence-corrected chi connectivity index (χ1v) is 11.8. The molecule has 0 amide bonds. The summed E-state index contributed by atoms with van der Waals surface area (Å²) in [6, 6.07) is 19.1. The molecule has 0 spiro atoms. The van der Waals surface area contributed by atoms with Gasteiger partial charge in [-0.2, -0.15) is 5.26 Å². The lowest BCUT2D eigenvalue weighted by Crippen LogP contribution is -1.99. The molecule has 0 aliphatic rings. The van der Waals surface area contributed by atoms with Gasteiger partial charge >= 0.3 is 5.69 Å². The van der Waals surface area contributed by atoms with E-state index in [4.69, 9.17) is 27.9 Å². The fourth-order valence-electron chi connectivity index (χ4n) is 4.00. The minimum Gasteiger partial charge on any atom is -0.450 e. The summed E-state index contributed by atoms with van der Waals surface area (Å²) >= 11 is 12.3. The molecule has 11 heteroatoms. The highest BCUT2D eigenvalue weighted by Gasteiger charge is 2.21. The summed E-state index contributed by atoms with van der Waals surface area (Å²) in [6.45, 7) is 3.85. The maximum atomic E-state index is 11.4. The van der Waals surface area contributed by atoms with E-state index in [0.717, 1.165) is 34.8 Å². The molecule has 0 N–H and O–H groups in total. The summed E-state index contributed by atoms with van der Waals surface area (Å²) in [7, 11) is 0. The quantitative estimate of drug-likeness (QED) is 0.130. The summed E-state index contributed by atoms with van der Waals surface area (Å²) < 4.78 is 7.65. The number of aryl methyl sites for hydroxylation is 1. The predicted molar refractivity (Wildman–Crippen MR) is 145 cm³/mol. The Morgan fingerprint density at radius 2 is 1.68 bits per heavy atom. The second-order valence-corrected chi connectivity index (χ2v) is 9.06. The number of nitro groups is 2. The van der Waals surface area contributed by atoms with Crippen LogP contribution in [0.5, 0.6) is 11.5 Å². The van der Waals surface area contributed by atoms with Crippen LogP contribution in [0, 0.1) is 45.4 Å². The predicted octanol–water partition coefficient (Wildman–Crippen LogP) is 8.07. The Bertz CT molecular complexity index is 1650. The normalized spacial score (nSPS) is 11.2. The molecule has 0 fully saturated rings. The van der Waals surface area contributed by atoms with E-state index >= 15 is 0 Å². The van der Waals surface area contributed by atoms with Crippen LogP contribution in [0.4, 0.5) is 11.4 Å². The molecule has 0 aliphatic carbocycles. The van der Waals surface area contributed by atoms with Crippen LogP contribution in [-0.4, -0.2) is 14.4 Å². The van der Waals surface area contributed by atoms with E-state index in [2.05, 4.69) is 6.07 Å². The molecule has 1 aromatic heterocycles. The monoisotopic (exact) mass is 548 g/mol. The SMILES string of the molecule is Cc1cc(/C=C(/C#N)c2ccc(Cl)cc2Cl)c(C)n1-c1ccc(Oc2ccc([N+](=O)[O-])cc2[N+](=O)[O-])cc1. The Kier molecular flexibility index (Phi) is 7.48. The number of aromatic nitrogens is 1. The van der Waals surface area contributed by atoms with Crippen molar-refractivity contribution in [2.75, 3.05) is 0 Å². The third kappa shape index (κ3) is 5.37. The van der Waals surface area contributed by atoms with Gasteiger partial charge < -0.3 is 9.30 Å². The van der Waals surface area contributed by atoms with Gasteiger partial charge in [-0.15, -0.1) is 0 Å². The van der Waals surface area contributed by atoms with Crippen LogP contribution in [0.1, 0.15) is 22.5 Å². The summed E-state index contributed by atoms with van der Waals surface area (Å²) in [4.78, 5) is 20.9. The second kappa shape index (κ2) is 10.8. The Labute approximate surface area is 227 Å². The van der Waals surface area contributed by atoms with Crippen molar-refractivity contribution in [3.8, 4) is 23.3 Å². The third-order valence-corrected chi connectivity index (χ3v) is 6.33. The molecule has 1 heterocycles. The van der Waals surface area contributed by atoms with E-state index in [1.807, 2.05) is 24.5 Å². The van der Waals surface area contributed by atoms with Crippen LogP contribution in [0.2, 0.25) is 10.0 Å². The van der Waals surface area contributed by atoms with Gasteiger partial charge in [0.1, 0.15) is 5.75 Å². The zero-order valence-electron chi connectivity index (χ0n) is 20.0. The molecule has 0 bridgehead atoms. The van der Waals surface area contributed by atoms with Gasteiger partial charge in [-0.05, 0) is 74.0 Å². The molecule has 38 heavy (non-hydrogen) atoms. The van der Waals surface area contributed by atoms with E-state index < -0.39 is 21.2 Å². The van der Waals surface area contributed by atoms with Crippen molar-refractivity contribution in [2.45, 2.75) is 13.8 Å². The highest BCUT2D eigenvalue weighted by molar-refractivity contribution is 6.36. The van der Waals surface area contributed by atoms with Gasteiger partial charge in [0.15, 0.2) is 0 Å². The molecule has 0 radical (unpaired) electrons. The number of ether oxygens (including phenoxy) is 1. The van der Waals surface area contributed by atoms with Crippen molar-refractivity contribution in [1.29, 1.82) is 5.26 Å². The second-order valence-electron chi connectivity index (χ2n) is 8.22. The minimum atomic E-state index is -0.731. The molecule has 0 saturated heterocycles. The van der Waals surface area contributed by atoms with E-state index in [-0.39, 0.29) is 5.75 Å². The molecular weight excluding hydrogens is 531 g/mol. The van der Waals surface area contributed by atoms with Crippen LogP contribution < -0.4 is 4.74 Å². The fourth-order valence-corrected chi connectivity index (χ4v) is 4.51. The first kappa shape index (κ1) is 26.4. The molecule has 3 aromatic carbocycles. The number of hydrogen-bond acceptors (Lipinski definition) is 6. The topological polar surface area (TPSA) is 124 Å². The lowest BCUT2D eigenvalue weighted by molar-refractivity contribution is -0.394. The van der Waals surface area contributed by atoms with Crippen molar-refractivity contribution >= 4 is 46.2 Å². The number of nitrogens with zero attached hydrogens (tertiary/aromatic N) is 4. The average Bonchev–Trinajstić information content (AvgIpc) is 3.15. The standard InChI is InChI=1S/C27H18Cl2N4O5/c1-16-11-18(12-19(15-30)24-9-3-20(28)13-25(24)29)17(2)31(16)21-4-7-23(8-5-21)38-27-10-6-22(32(34)35)14-26(27)33(36)37/h3-14H,1-2H3/b19-12-. The smallest absolute Gasteiger partial charge is 0.318 e. The number of nitro benzene ring substituents is 2. The van der Waals surface area contributed by atoms with E-state index in [9.17, 15) is 25.5 Å². The maximum Gasteiger partial charge on any atom is 0.318 e. The highest BCUT2D eigenvalue weighted by atomic mass is 35.5. The van der Waals surface area contributed by atoms with Gasteiger partial charge in [0.25, 0.3) is 5.69 Å². The molecule has 190 valence electrons. The molecule has 0 aliphatic heterocycles. The Morgan fingerprint density at radius 1 is 0.974 bits per heavy atom. The number of halogens is 2. The number of hydrogen-bond donors (Lipinski definition) is 0. The van der Waals surface area contributed by atoms with E-state index in [1.165, 1.54) is 6.07 Å². The van der Waals surface area contributed by atoms with Crippen LogP contribution in [-0.2, 0) is 0 Å². The van der Waals surface area contributed by atoms with Gasteiger partial charge in [0.05, 0.1) is 32.6 Å². The number of non-ortho nitro benzene ring substituents is 1. The highest BCUT2D eigenvalue weighted by Crippen LogP contribution is 2.35. The van der Waals surface area contributed by atoms with Crippen LogP contribution in [0.15, 0.2) is 66.7 Å². The molecule has 0 atom stereocenters. The molecule has 0 unspecified atom stereocenters. The van der Waals surface area contributed by atoms with Crippen molar-refractivity contribution < 1.29 is 14.6 Å². The lowest BCUT2D eigenvalue weighted by atomic mass is 10.0. The minimum absolute atomic E-state index is 0.112. The number of benzene rings is 3. The summed E-state index contributed by atoms with van der Waals surface area (Å²) in [5.41, 5.74) is 3.46. The van der Waals surface area contributed by atoms with Gasteiger partial charge in [0.2, 0.25) is 5.75 Å². The zero-order valence-corrected chi connectivity index (χ0v) is 21.5. The molecular formula is C27H18Cl2N4O5.